The molecule has 1 amide bonds. The highest BCUT2D eigenvalue weighted by Gasteiger charge is 2.41. The molecule has 0 aliphatic carbocycles. The number of esters is 1. The minimum absolute atomic E-state index is 0.176. The molecule has 1 rings (SSSR count). The van der Waals surface area contributed by atoms with Crippen LogP contribution in [0.4, 0.5) is 4.79 Å². The van der Waals surface area contributed by atoms with Gasteiger partial charge in [0.2, 0.25) is 0 Å². The molecule has 32 heavy (non-hydrogen) atoms. The number of carbonyl (C=O) groups is 2. The molecule has 0 aromatic rings. The van der Waals surface area contributed by atoms with E-state index >= 15 is 0 Å². The third kappa shape index (κ3) is 13.3. The van der Waals surface area contributed by atoms with Crippen LogP contribution in [0.3, 0.4) is 0 Å². The summed E-state index contributed by atoms with van der Waals surface area (Å²) in [4.78, 5) is 28.7. The molecule has 2 atom stereocenters. The lowest BCUT2D eigenvalue weighted by Crippen LogP contribution is -2.36. The summed E-state index contributed by atoms with van der Waals surface area (Å²) in [6.07, 6.45) is 8.01. The Morgan fingerprint density at radius 3 is 1.91 bits per heavy atom. The topological polar surface area (TPSA) is 59.1 Å². The summed E-state index contributed by atoms with van der Waals surface area (Å²) in [5.74, 6) is -0.217. The summed E-state index contributed by atoms with van der Waals surface area (Å²) < 4.78 is 10.7. The lowest BCUT2D eigenvalue weighted by molar-refractivity contribution is -0.148. The standard InChI is InChI=1S/C20H37NO4.C6H15N/c1-6-8-9-10-11-12-13-16-14-21(19(23)25-20(3,4)5)15-17(16)18(22)24-7-2;1-4-7(5-2)6-3/h16-17H,6-15H2,1-5H3;4-6H2,1-3H3/t16-,17-;/m1./s1. The minimum atomic E-state index is -0.520. The quantitative estimate of drug-likeness (QED) is 0.261. The molecule has 1 saturated heterocycles. The molecule has 1 aliphatic heterocycles. The van der Waals surface area contributed by atoms with Gasteiger partial charge in [0, 0.05) is 13.1 Å². The Hall–Kier alpha value is -1.30. The monoisotopic (exact) mass is 456 g/mol. The molecule has 6 nitrogen and oxygen atoms in total. The zero-order valence-electron chi connectivity index (χ0n) is 22.4. The normalized spacial score (nSPS) is 18.3. The van der Waals surface area contributed by atoms with E-state index in [1.54, 1.807) is 4.90 Å². The van der Waals surface area contributed by atoms with Gasteiger partial charge < -0.3 is 19.3 Å². The highest BCUT2D eigenvalue weighted by atomic mass is 16.6. The maximum atomic E-state index is 12.3. The predicted molar refractivity (Wildman–Crippen MR) is 133 cm³/mol. The van der Waals surface area contributed by atoms with Crippen molar-refractivity contribution in [1.29, 1.82) is 0 Å². The Morgan fingerprint density at radius 2 is 1.44 bits per heavy atom. The Kier molecular flexibility index (Phi) is 16.5. The summed E-state index contributed by atoms with van der Waals surface area (Å²) in [5, 5.41) is 0. The molecule has 0 unspecified atom stereocenters. The molecule has 1 aliphatic rings. The number of rotatable bonds is 12. The van der Waals surface area contributed by atoms with Gasteiger partial charge in [0.25, 0.3) is 0 Å². The van der Waals surface area contributed by atoms with Crippen LogP contribution >= 0.6 is 0 Å². The summed E-state index contributed by atoms with van der Waals surface area (Å²) >= 11 is 0. The van der Waals surface area contributed by atoms with E-state index in [0.29, 0.717) is 19.7 Å². The van der Waals surface area contributed by atoms with Gasteiger partial charge in [-0.3, -0.25) is 4.79 Å². The summed E-state index contributed by atoms with van der Waals surface area (Å²) in [6.45, 7) is 21.1. The van der Waals surface area contributed by atoms with E-state index in [1.165, 1.54) is 51.7 Å². The van der Waals surface area contributed by atoms with Crippen molar-refractivity contribution in [2.75, 3.05) is 39.3 Å². The first-order valence-corrected chi connectivity index (χ1v) is 13.0. The molecule has 0 aromatic carbocycles. The number of ether oxygens (including phenoxy) is 2. The van der Waals surface area contributed by atoms with E-state index in [0.717, 1.165) is 12.8 Å². The first kappa shape index (κ1) is 30.7. The molecule has 0 N–H and O–H groups in total. The van der Waals surface area contributed by atoms with Gasteiger partial charge in [0.1, 0.15) is 5.60 Å². The van der Waals surface area contributed by atoms with E-state index < -0.39 is 5.60 Å². The van der Waals surface area contributed by atoms with Gasteiger partial charge >= 0.3 is 12.1 Å². The van der Waals surface area contributed by atoms with Gasteiger partial charge in [0.05, 0.1) is 12.5 Å². The van der Waals surface area contributed by atoms with Crippen molar-refractivity contribution in [2.45, 2.75) is 106 Å². The zero-order valence-corrected chi connectivity index (χ0v) is 22.4. The Bertz CT molecular complexity index is 495. The molecule has 1 fully saturated rings. The molecular weight excluding hydrogens is 404 g/mol. The van der Waals surface area contributed by atoms with Crippen molar-refractivity contribution in [1.82, 2.24) is 9.80 Å². The van der Waals surface area contributed by atoms with Gasteiger partial charge in [-0.1, -0.05) is 66.2 Å². The molecule has 0 saturated carbocycles. The molecule has 1 heterocycles. The van der Waals surface area contributed by atoms with E-state index in [4.69, 9.17) is 9.47 Å². The molecule has 0 spiro atoms. The summed E-state index contributed by atoms with van der Waals surface area (Å²) in [6, 6.07) is 0. The molecule has 0 radical (unpaired) electrons. The molecule has 0 bridgehead atoms. The van der Waals surface area contributed by atoms with Gasteiger partial charge in [-0.25, -0.2) is 4.79 Å². The van der Waals surface area contributed by atoms with Crippen molar-refractivity contribution < 1.29 is 19.1 Å². The lowest BCUT2D eigenvalue weighted by atomic mass is 9.90. The second-order valence-electron chi connectivity index (χ2n) is 9.68. The van der Waals surface area contributed by atoms with Crippen molar-refractivity contribution in [2.24, 2.45) is 11.8 Å². The van der Waals surface area contributed by atoms with Crippen molar-refractivity contribution in [3.63, 3.8) is 0 Å². The number of nitrogens with zero attached hydrogens (tertiary/aromatic N) is 2. The fourth-order valence-electron chi connectivity index (χ4n) is 4.01. The molecule has 6 heteroatoms. The van der Waals surface area contributed by atoms with E-state index in [9.17, 15) is 9.59 Å². The SMILES string of the molecule is CCCCCCCC[C@@H]1CN(C(=O)OC(C)(C)C)C[C@H]1C(=O)OCC.CCN(CC)CC. The van der Waals surface area contributed by atoms with Crippen molar-refractivity contribution >= 4 is 12.1 Å². The van der Waals surface area contributed by atoms with Crippen LogP contribution in [-0.2, 0) is 14.3 Å². The second-order valence-corrected chi connectivity index (χ2v) is 9.68. The van der Waals surface area contributed by atoms with Gasteiger partial charge in [-0.2, -0.15) is 0 Å². The second kappa shape index (κ2) is 17.2. The van der Waals surface area contributed by atoms with Gasteiger partial charge in [-0.15, -0.1) is 0 Å². The van der Waals surface area contributed by atoms with Crippen LogP contribution in [-0.4, -0.2) is 66.8 Å². The summed E-state index contributed by atoms with van der Waals surface area (Å²) in [5.41, 5.74) is -0.520. The Labute approximate surface area is 198 Å². The molecule has 0 aromatic heterocycles. The first-order chi connectivity index (χ1) is 15.1. The van der Waals surface area contributed by atoms with Gasteiger partial charge in [0.15, 0.2) is 0 Å². The largest absolute Gasteiger partial charge is 0.466 e. The fraction of sp³-hybridized carbons (Fsp3) is 0.923. The number of hydrogen-bond acceptors (Lipinski definition) is 5. The number of amides is 1. The maximum absolute atomic E-state index is 12.3. The smallest absolute Gasteiger partial charge is 0.410 e. The Morgan fingerprint density at radius 1 is 0.875 bits per heavy atom. The number of carbonyl (C=O) groups excluding carboxylic acids is 2. The highest BCUT2D eigenvalue weighted by Crippen LogP contribution is 2.30. The zero-order chi connectivity index (χ0) is 24.6. The lowest BCUT2D eigenvalue weighted by Gasteiger charge is -2.24. The van der Waals surface area contributed by atoms with Crippen molar-refractivity contribution in [3.05, 3.63) is 0 Å². The van der Waals surface area contributed by atoms with E-state index in [2.05, 4.69) is 32.6 Å². The summed E-state index contributed by atoms with van der Waals surface area (Å²) in [7, 11) is 0. The average molecular weight is 457 g/mol. The predicted octanol–water partition coefficient (Wildman–Crippen LogP) is 6.13. The van der Waals surface area contributed by atoms with Crippen LogP contribution in [0.25, 0.3) is 0 Å². The third-order valence-corrected chi connectivity index (χ3v) is 5.95. The minimum Gasteiger partial charge on any atom is -0.466 e. The number of likely N-dealkylation sites (tertiary alicyclic amines) is 1. The van der Waals surface area contributed by atoms with E-state index in [1.807, 2.05) is 27.7 Å². The van der Waals surface area contributed by atoms with E-state index in [-0.39, 0.29) is 23.9 Å². The number of hydrogen-bond donors (Lipinski definition) is 0. The van der Waals surface area contributed by atoms with Crippen LogP contribution in [0.2, 0.25) is 0 Å². The molecular formula is C26H52N2O4. The number of unbranched alkanes of at least 4 members (excludes halogenated alkanes) is 5. The maximum Gasteiger partial charge on any atom is 0.410 e. The van der Waals surface area contributed by atoms with Gasteiger partial charge in [-0.05, 0) is 59.7 Å². The molecule has 190 valence electrons. The average Bonchev–Trinajstić information content (AvgIpc) is 3.16. The van der Waals surface area contributed by atoms with Crippen LogP contribution in [0.15, 0.2) is 0 Å². The first-order valence-electron chi connectivity index (χ1n) is 13.0. The van der Waals surface area contributed by atoms with Crippen LogP contribution in [0.1, 0.15) is 100 Å². The van der Waals surface area contributed by atoms with Crippen LogP contribution < -0.4 is 0 Å². The highest BCUT2D eigenvalue weighted by molar-refractivity contribution is 5.76. The van der Waals surface area contributed by atoms with Crippen LogP contribution in [0.5, 0.6) is 0 Å². The fourth-order valence-corrected chi connectivity index (χ4v) is 4.01. The van der Waals surface area contributed by atoms with Crippen molar-refractivity contribution in [3.8, 4) is 0 Å². The van der Waals surface area contributed by atoms with Crippen LogP contribution in [0, 0.1) is 11.8 Å². The third-order valence-electron chi connectivity index (χ3n) is 5.95. The Balaban J connectivity index is 0.00000118.